The molecule has 1 aliphatic heterocycles. The summed E-state index contributed by atoms with van der Waals surface area (Å²) in [4.78, 5) is 22.7. The zero-order chi connectivity index (χ0) is 11.3. The van der Waals surface area contributed by atoms with Crippen LogP contribution < -0.4 is 16.0 Å². The van der Waals surface area contributed by atoms with Gasteiger partial charge in [0.2, 0.25) is 11.8 Å². The van der Waals surface area contributed by atoms with Gasteiger partial charge >= 0.3 is 0 Å². The molecule has 1 rings (SSSR count). The molecule has 0 aromatic carbocycles. The van der Waals surface area contributed by atoms with Gasteiger partial charge in [0.15, 0.2) is 0 Å². The number of nitrogens with one attached hydrogen (secondary N) is 3. The van der Waals surface area contributed by atoms with E-state index in [1.54, 1.807) is 11.8 Å². The van der Waals surface area contributed by atoms with Crippen molar-refractivity contribution < 1.29 is 9.59 Å². The average Bonchev–Trinajstić information content (AvgIpc) is 2.65. The van der Waals surface area contributed by atoms with Crippen LogP contribution in [-0.2, 0) is 9.59 Å². The van der Waals surface area contributed by atoms with E-state index in [1.807, 2.05) is 13.8 Å². The molecule has 0 unspecified atom stereocenters. The maximum absolute atomic E-state index is 11.5. The molecule has 0 aromatic rings. The van der Waals surface area contributed by atoms with Crippen molar-refractivity contribution in [1.29, 1.82) is 0 Å². The molecular weight excluding hydrogens is 214 g/mol. The summed E-state index contributed by atoms with van der Waals surface area (Å²) in [5.41, 5.74) is 0. The van der Waals surface area contributed by atoms with E-state index in [0.717, 1.165) is 11.6 Å². The summed E-state index contributed by atoms with van der Waals surface area (Å²) in [6.45, 7) is 3.82. The van der Waals surface area contributed by atoms with Crippen molar-refractivity contribution in [2.45, 2.75) is 25.9 Å². The lowest BCUT2D eigenvalue weighted by atomic mass is 10.3. The molecule has 1 heterocycles. The topological polar surface area (TPSA) is 70.2 Å². The van der Waals surface area contributed by atoms with Crippen molar-refractivity contribution in [3.05, 3.63) is 0 Å². The first-order valence-electron chi connectivity index (χ1n) is 4.98. The van der Waals surface area contributed by atoms with Gasteiger partial charge in [-0.15, -0.1) is 11.8 Å². The van der Waals surface area contributed by atoms with Crippen molar-refractivity contribution in [3.63, 3.8) is 0 Å². The Kier molecular flexibility index (Phi) is 4.90. The van der Waals surface area contributed by atoms with Crippen LogP contribution in [0, 0.1) is 0 Å². The lowest BCUT2D eigenvalue weighted by Crippen LogP contribution is -2.46. The van der Waals surface area contributed by atoms with Gasteiger partial charge in [0.25, 0.3) is 0 Å². The minimum Gasteiger partial charge on any atom is -0.352 e. The molecule has 0 spiro atoms. The first-order valence-corrected chi connectivity index (χ1v) is 6.13. The predicted molar refractivity (Wildman–Crippen MR) is 60.5 cm³/mol. The van der Waals surface area contributed by atoms with Crippen molar-refractivity contribution in [1.82, 2.24) is 16.0 Å². The van der Waals surface area contributed by atoms with E-state index < -0.39 is 0 Å². The van der Waals surface area contributed by atoms with E-state index in [4.69, 9.17) is 0 Å². The van der Waals surface area contributed by atoms with E-state index in [2.05, 4.69) is 16.0 Å². The average molecular weight is 231 g/mol. The molecule has 1 aliphatic rings. The van der Waals surface area contributed by atoms with E-state index in [1.165, 1.54) is 0 Å². The number of carbonyl (C=O) groups excluding carboxylic acids is 2. The fraction of sp³-hybridized carbons (Fsp3) is 0.778. The molecule has 1 atom stereocenters. The summed E-state index contributed by atoms with van der Waals surface area (Å²) in [5.74, 6) is 1.33. The van der Waals surface area contributed by atoms with Gasteiger partial charge < -0.3 is 10.6 Å². The Bertz CT molecular complexity index is 240. The van der Waals surface area contributed by atoms with Crippen molar-refractivity contribution in [2.75, 3.05) is 18.2 Å². The maximum atomic E-state index is 11.5. The molecule has 0 aliphatic carbocycles. The highest BCUT2D eigenvalue weighted by molar-refractivity contribution is 7.99. The van der Waals surface area contributed by atoms with Crippen LogP contribution in [0.15, 0.2) is 0 Å². The lowest BCUT2D eigenvalue weighted by Gasteiger charge is -2.11. The van der Waals surface area contributed by atoms with Crippen LogP contribution >= 0.6 is 11.8 Å². The molecule has 2 amide bonds. The van der Waals surface area contributed by atoms with Gasteiger partial charge in [-0.2, -0.15) is 0 Å². The van der Waals surface area contributed by atoms with E-state index in [0.29, 0.717) is 0 Å². The Balaban J connectivity index is 2.18. The summed E-state index contributed by atoms with van der Waals surface area (Å²) >= 11 is 1.68. The van der Waals surface area contributed by atoms with Crippen LogP contribution in [0.4, 0.5) is 0 Å². The van der Waals surface area contributed by atoms with Crippen LogP contribution in [0.5, 0.6) is 0 Å². The van der Waals surface area contributed by atoms with Gasteiger partial charge in [0.1, 0.15) is 0 Å². The van der Waals surface area contributed by atoms with Crippen molar-refractivity contribution in [3.8, 4) is 0 Å². The van der Waals surface area contributed by atoms with Crippen molar-refractivity contribution in [2.24, 2.45) is 0 Å². The van der Waals surface area contributed by atoms with Gasteiger partial charge in [0, 0.05) is 17.7 Å². The third-order valence-corrected chi connectivity index (χ3v) is 2.85. The number of amides is 2. The first kappa shape index (κ1) is 12.3. The normalized spacial score (nSPS) is 20.3. The maximum Gasteiger partial charge on any atom is 0.239 e. The highest BCUT2D eigenvalue weighted by Crippen LogP contribution is 2.08. The molecular formula is C9H17N3O2S. The summed E-state index contributed by atoms with van der Waals surface area (Å²) in [5, 5.41) is 8.35. The molecule has 86 valence electrons. The quantitative estimate of drug-likeness (QED) is 0.598. The smallest absolute Gasteiger partial charge is 0.239 e. The molecule has 15 heavy (non-hydrogen) atoms. The second kappa shape index (κ2) is 5.97. The molecule has 5 nitrogen and oxygen atoms in total. The van der Waals surface area contributed by atoms with Crippen molar-refractivity contribution >= 4 is 23.6 Å². The van der Waals surface area contributed by atoms with Crippen LogP contribution in [0.1, 0.15) is 13.8 Å². The Labute approximate surface area is 93.7 Å². The summed E-state index contributed by atoms with van der Waals surface area (Å²) in [6, 6.07) is -0.0450. The Hall–Kier alpha value is -0.750. The van der Waals surface area contributed by atoms with Gasteiger partial charge in [-0.3, -0.25) is 14.9 Å². The molecule has 1 fully saturated rings. The molecule has 6 heteroatoms. The van der Waals surface area contributed by atoms with Gasteiger partial charge in [0.05, 0.1) is 12.6 Å². The zero-order valence-corrected chi connectivity index (χ0v) is 9.82. The number of thioether (sulfide) groups is 1. The summed E-state index contributed by atoms with van der Waals surface area (Å²) in [6.07, 6.45) is 0. The minimum absolute atomic E-state index is 0.0554. The monoisotopic (exact) mass is 231 g/mol. The van der Waals surface area contributed by atoms with E-state index in [9.17, 15) is 9.59 Å². The van der Waals surface area contributed by atoms with Crippen LogP contribution in [0.3, 0.4) is 0 Å². The number of hydrogen-bond acceptors (Lipinski definition) is 4. The second-order valence-corrected chi connectivity index (χ2v) is 4.74. The zero-order valence-electron chi connectivity index (χ0n) is 9.00. The Morgan fingerprint density at radius 1 is 1.53 bits per heavy atom. The van der Waals surface area contributed by atoms with Crippen LogP contribution in [-0.4, -0.2) is 42.1 Å². The Morgan fingerprint density at radius 3 is 2.80 bits per heavy atom. The standard InChI is InChI=1S/C9H17N3O2S/c1-6(2)12-8(13)3-10-9(14)7-4-15-5-11-7/h6-7,11H,3-5H2,1-2H3,(H,10,14)(H,12,13)/t7-/m1/s1. The number of carbonyl (C=O) groups is 2. The molecule has 0 aromatic heterocycles. The summed E-state index contributed by atoms with van der Waals surface area (Å²) < 4.78 is 0. The summed E-state index contributed by atoms with van der Waals surface area (Å²) in [7, 11) is 0. The number of rotatable bonds is 4. The largest absolute Gasteiger partial charge is 0.352 e. The molecule has 0 bridgehead atoms. The van der Waals surface area contributed by atoms with Gasteiger partial charge in [-0.1, -0.05) is 0 Å². The first-order chi connectivity index (χ1) is 7.09. The van der Waals surface area contributed by atoms with Gasteiger partial charge in [-0.05, 0) is 13.8 Å². The third kappa shape index (κ3) is 4.53. The highest BCUT2D eigenvalue weighted by atomic mass is 32.2. The van der Waals surface area contributed by atoms with Crippen LogP contribution in [0.25, 0.3) is 0 Å². The second-order valence-electron chi connectivity index (χ2n) is 3.71. The SMILES string of the molecule is CC(C)NC(=O)CNC(=O)[C@H]1CSCN1. The molecule has 1 saturated heterocycles. The minimum atomic E-state index is -0.151. The highest BCUT2D eigenvalue weighted by Gasteiger charge is 2.22. The molecule has 3 N–H and O–H groups in total. The fourth-order valence-electron chi connectivity index (χ4n) is 1.23. The number of hydrogen-bond donors (Lipinski definition) is 3. The molecule has 0 saturated carbocycles. The van der Waals surface area contributed by atoms with Crippen LogP contribution in [0.2, 0.25) is 0 Å². The predicted octanol–water partition coefficient (Wildman–Crippen LogP) is -0.710. The van der Waals surface area contributed by atoms with E-state index >= 15 is 0 Å². The molecule has 0 radical (unpaired) electrons. The fourth-order valence-corrected chi connectivity index (χ4v) is 2.17. The lowest BCUT2D eigenvalue weighted by molar-refractivity contribution is -0.127. The Morgan fingerprint density at radius 2 is 2.27 bits per heavy atom. The third-order valence-electron chi connectivity index (χ3n) is 1.91. The van der Waals surface area contributed by atoms with E-state index in [-0.39, 0.29) is 30.4 Å². The van der Waals surface area contributed by atoms with Gasteiger partial charge in [-0.25, -0.2) is 0 Å².